The van der Waals surface area contributed by atoms with E-state index in [1.807, 2.05) is 41.3 Å². The van der Waals surface area contributed by atoms with Crippen LogP contribution in [-0.2, 0) is 6.54 Å². The highest BCUT2D eigenvalue weighted by Crippen LogP contribution is 2.24. The minimum Gasteiger partial charge on any atom is -0.336 e. The second-order valence-corrected chi connectivity index (χ2v) is 8.29. The van der Waals surface area contributed by atoms with Crippen LogP contribution >= 0.6 is 11.3 Å². The highest BCUT2D eigenvalue weighted by atomic mass is 32.1. The fraction of sp³-hybridized carbons (Fsp3) is 0.217. The Balaban J connectivity index is 1.27. The van der Waals surface area contributed by atoms with Gasteiger partial charge in [0.15, 0.2) is 0 Å². The van der Waals surface area contributed by atoms with E-state index < -0.39 is 0 Å². The molecule has 0 unspecified atom stereocenters. The smallest absolute Gasteiger partial charge is 0.254 e. The van der Waals surface area contributed by atoms with Crippen LogP contribution < -0.4 is 0 Å². The summed E-state index contributed by atoms with van der Waals surface area (Å²) in [6.07, 6.45) is 0. The molecule has 0 N–H and O–H groups in total. The molecule has 1 fully saturated rings. The monoisotopic (exact) mass is 387 g/mol. The largest absolute Gasteiger partial charge is 0.336 e. The van der Waals surface area contributed by atoms with E-state index >= 15 is 0 Å². The maximum Gasteiger partial charge on any atom is 0.254 e. The Kier molecular flexibility index (Phi) is 4.55. The number of nitrogens with zero attached hydrogens (tertiary/aromatic N) is 3. The molecule has 0 saturated carbocycles. The van der Waals surface area contributed by atoms with E-state index in [-0.39, 0.29) is 5.91 Å². The molecule has 3 aromatic carbocycles. The average Bonchev–Trinajstić information content (AvgIpc) is 3.16. The van der Waals surface area contributed by atoms with E-state index in [2.05, 4.69) is 35.2 Å². The van der Waals surface area contributed by atoms with Gasteiger partial charge in [-0.1, -0.05) is 48.5 Å². The molecule has 1 saturated heterocycles. The molecule has 5 rings (SSSR count). The van der Waals surface area contributed by atoms with Gasteiger partial charge in [-0.2, -0.15) is 0 Å². The number of aromatic nitrogens is 1. The van der Waals surface area contributed by atoms with Gasteiger partial charge in [-0.15, -0.1) is 11.3 Å². The van der Waals surface area contributed by atoms with Gasteiger partial charge in [0.1, 0.15) is 5.01 Å². The maximum atomic E-state index is 13.1. The van der Waals surface area contributed by atoms with Crippen molar-refractivity contribution in [3.05, 3.63) is 77.3 Å². The predicted molar refractivity (Wildman–Crippen MR) is 115 cm³/mol. The number of amides is 1. The summed E-state index contributed by atoms with van der Waals surface area (Å²) in [6, 6.07) is 22.3. The summed E-state index contributed by atoms with van der Waals surface area (Å²) in [5.74, 6) is 0.136. The lowest BCUT2D eigenvalue weighted by atomic mass is 10.0. The fourth-order valence-corrected chi connectivity index (χ4v) is 4.88. The first kappa shape index (κ1) is 17.3. The third-order valence-corrected chi connectivity index (χ3v) is 6.40. The first-order chi connectivity index (χ1) is 13.8. The molecule has 1 aromatic heterocycles. The number of carbonyl (C=O) groups is 1. The molecule has 0 radical (unpaired) electrons. The van der Waals surface area contributed by atoms with Crippen LogP contribution in [0.5, 0.6) is 0 Å². The molecule has 5 heteroatoms. The van der Waals surface area contributed by atoms with Gasteiger partial charge in [0, 0.05) is 31.7 Å². The molecule has 0 aliphatic carbocycles. The molecular weight excluding hydrogens is 366 g/mol. The molecule has 140 valence electrons. The highest BCUT2D eigenvalue weighted by Gasteiger charge is 2.23. The van der Waals surface area contributed by atoms with Gasteiger partial charge >= 0.3 is 0 Å². The van der Waals surface area contributed by atoms with Crippen LogP contribution in [0.25, 0.3) is 21.0 Å². The summed E-state index contributed by atoms with van der Waals surface area (Å²) >= 11 is 1.76. The van der Waals surface area contributed by atoms with E-state index in [1.165, 1.54) is 4.70 Å². The Morgan fingerprint density at radius 1 is 0.893 bits per heavy atom. The normalized spacial score (nSPS) is 15.4. The van der Waals surface area contributed by atoms with Gasteiger partial charge in [0.05, 0.1) is 16.8 Å². The Bertz CT molecular complexity index is 1110. The highest BCUT2D eigenvalue weighted by molar-refractivity contribution is 7.18. The van der Waals surface area contributed by atoms with Crippen LogP contribution in [-0.4, -0.2) is 46.9 Å². The van der Waals surface area contributed by atoms with Crippen LogP contribution in [0.3, 0.4) is 0 Å². The summed E-state index contributed by atoms with van der Waals surface area (Å²) in [5, 5.41) is 3.30. The third kappa shape index (κ3) is 3.28. The van der Waals surface area contributed by atoms with Gasteiger partial charge in [-0.25, -0.2) is 4.98 Å². The predicted octanol–water partition coefficient (Wildman–Crippen LogP) is 4.41. The third-order valence-electron chi connectivity index (χ3n) is 5.38. The molecule has 0 spiro atoms. The van der Waals surface area contributed by atoms with Gasteiger partial charge in [-0.05, 0) is 29.0 Å². The van der Waals surface area contributed by atoms with Crippen LogP contribution in [0, 0.1) is 0 Å². The van der Waals surface area contributed by atoms with Gasteiger partial charge in [0.25, 0.3) is 5.91 Å². The second-order valence-electron chi connectivity index (χ2n) is 7.17. The lowest BCUT2D eigenvalue weighted by Crippen LogP contribution is -2.48. The number of carbonyl (C=O) groups excluding carboxylic acids is 1. The zero-order chi connectivity index (χ0) is 18.9. The van der Waals surface area contributed by atoms with Crippen LogP contribution in [0.15, 0.2) is 66.7 Å². The van der Waals surface area contributed by atoms with Crippen molar-refractivity contribution in [3.63, 3.8) is 0 Å². The molecule has 0 atom stereocenters. The second kappa shape index (κ2) is 7.34. The lowest BCUT2D eigenvalue weighted by Gasteiger charge is -2.34. The SMILES string of the molecule is O=C(c1cccc2ccccc12)N1CCN(Cc2nc3ccccc3s2)CC1. The molecule has 1 amide bonds. The van der Waals surface area contributed by atoms with Crippen molar-refractivity contribution in [2.24, 2.45) is 0 Å². The number of hydrogen-bond donors (Lipinski definition) is 0. The molecular formula is C23H21N3OS. The quantitative estimate of drug-likeness (QED) is 0.523. The zero-order valence-corrected chi connectivity index (χ0v) is 16.4. The zero-order valence-electron chi connectivity index (χ0n) is 15.5. The lowest BCUT2D eigenvalue weighted by molar-refractivity contribution is 0.0630. The number of rotatable bonds is 3. The Labute approximate surface area is 168 Å². The van der Waals surface area contributed by atoms with E-state index in [0.717, 1.165) is 59.6 Å². The van der Waals surface area contributed by atoms with Gasteiger partial charge in [-0.3, -0.25) is 9.69 Å². The Morgan fingerprint density at radius 3 is 2.50 bits per heavy atom. The number of piperazine rings is 1. The van der Waals surface area contributed by atoms with Crippen LogP contribution in [0.2, 0.25) is 0 Å². The number of para-hydroxylation sites is 1. The molecule has 1 aliphatic rings. The summed E-state index contributed by atoms with van der Waals surface area (Å²) in [4.78, 5) is 22.2. The van der Waals surface area contributed by atoms with Crippen LogP contribution in [0.1, 0.15) is 15.4 Å². The summed E-state index contributed by atoms with van der Waals surface area (Å²) < 4.78 is 1.24. The van der Waals surface area contributed by atoms with Crippen molar-refractivity contribution in [1.82, 2.24) is 14.8 Å². The van der Waals surface area contributed by atoms with E-state index in [4.69, 9.17) is 4.98 Å². The van der Waals surface area contributed by atoms with Crippen molar-refractivity contribution in [3.8, 4) is 0 Å². The topological polar surface area (TPSA) is 36.4 Å². The molecule has 4 aromatic rings. The Morgan fingerprint density at radius 2 is 1.64 bits per heavy atom. The van der Waals surface area contributed by atoms with Crippen molar-refractivity contribution in [2.75, 3.05) is 26.2 Å². The molecule has 2 heterocycles. The summed E-state index contributed by atoms with van der Waals surface area (Å²) in [5.41, 5.74) is 1.88. The van der Waals surface area contributed by atoms with Crippen molar-refractivity contribution in [2.45, 2.75) is 6.54 Å². The molecule has 4 nitrogen and oxygen atoms in total. The maximum absolute atomic E-state index is 13.1. The number of fused-ring (bicyclic) bond motifs is 2. The summed E-state index contributed by atoms with van der Waals surface area (Å²) in [6.45, 7) is 4.13. The molecule has 28 heavy (non-hydrogen) atoms. The number of thiazole rings is 1. The van der Waals surface area contributed by atoms with Crippen molar-refractivity contribution < 1.29 is 4.79 Å². The number of benzene rings is 3. The van der Waals surface area contributed by atoms with Crippen molar-refractivity contribution in [1.29, 1.82) is 0 Å². The van der Waals surface area contributed by atoms with E-state index in [1.54, 1.807) is 11.3 Å². The minimum atomic E-state index is 0.136. The van der Waals surface area contributed by atoms with Crippen LogP contribution in [0.4, 0.5) is 0 Å². The fourth-order valence-electron chi connectivity index (χ4n) is 3.87. The van der Waals surface area contributed by atoms with Gasteiger partial charge < -0.3 is 4.90 Å². The molecule has 0 bridgehead atoms. The number of hydrogen-bond acceptors (Lipinski definition) is 4. The first-order valence-electron chi connectivity index (χ1n) is 9.62. The van der Waals surface area contributed by atoms with Crippen molar-refractivity contribution >= 4 is 38.2 Å². The minimum absolute atomic E-state index is 0.136. The first-order valence-corrected chi connectivity index (χ1v) is 10.4. The molecule has 1 aliphatic heterocycles. The average molecular weight is 388 g/mol. The van der Waals surface area contributed by atoms with E-state index in [9.17, 15) is 4.79 Å². The standard InChI is InChI=1S/C23H21N3OS/c27-23(19-9-5-7-17-6-1-2-8-18(17)19)26-14-12-25(13-15-26)16-22-24-20-10-3-4-11-21(20)28-22/h1-11H,12-16H2. The Hall–Kier alpha value is -2.76. The van der Waals surface area contributed by atoms with E-state index in [0.29, 0.717) is 0 Å². The van der Waals surface area contributed by atoms with Gasteiger partial charge in [0.2, 0.25) is 0 Å². The summed E-state index contributed by atoms with van der Waals surface area (Å²) in [7, 11) is 0.